The van der Waals surface area contributed by atoms with E-state index in [2.05, 4.69) is 15.7 Å². The quantitative estimate of drug-likeness (QED) is 0.797. The largest absolute Gasteiger partial charge is 0.410 e. The smallest absolute Gasteiger partial charge is 0.383 e. The summed E-state index contributed by atoms with van der Waals surface area (Å²) in [5.41, 5.74) is 0.687. The Morgan fingerprint density at radius 3 is 2.77 bits per heavy atom. The number of carbonyl (C=O) groups excluding carboxylic acids is 1. The maximum atomic E-state index is 13.6. The molecule has 0 unspecified atom stereocenters. The van der Waals surface area contributed by atoms with Crippen LogP contribution in [0.2, 0.25) is 0 Å². The molecule has 26 heavy (non-hydrogen) atoms. The molecule has 2 aromatic rings. The van der Waals surface area contributed by atoms with Crippen LogP contribution in [-0.2, 0) is 4.74 Å². The summed E-state index contributed by atoms with van der Waals surface area (Å²) in [6.07, 6.45) is -4.67. The number of aromatic nitrogens is 2. The lowest BCUT2D eigenvalue weighted by Crippen LogP contribution is -2.35. The molecule has 0 radical (unpaired) electrons. The van der Waals surface area contributed by atoms with E-state index in [0.29, 0.717) is 6.61 Å². The van der Waals surface area contributed by atoms with Gasteiger partial charge >= 0.3 is 6.18 Å². The molecular weight excluding hydrogens is 349 g/mol. The highest BCUT2D eigenvalue weighted by molar-refractivity contribution is 5.93. The van der Waals surface area contributed by atoms with E-state index in [-0.39, 0.29) is 24.5 Å². The first-order valence-corrected chi connectivity index (χ1v) is 8.15. The molecule has 1 aliphatic rings. The molecule has 1 amide bonds. The highest BCUT2D eigenvalue weighted by atomic mass is 19.4. The molecule has 2 atom stereocenters. The normalized spacial score (nSPS) is 19.5. The Bertz CT molecular complexity index is 761. The van der Waals surface area contributed by atoms with Crippen molar-refractivity contribution in [3.8, 4) is 0 Å². The third kappa shape index (κ3) is 3.82. The van der Waals surface area contributed by atoms with E-state index in [9.17, 15) is 18.0 Å². The zero-order valence-electron chi connectivity index (χ0n) is 14.1. The summed E-state index contributed by atoms with van der Waals surface area (Å²) < 4.78 is 46.4. The van der Waals surface area contributed by atoms with Gasteiger partial charge in [0.05, 0.1) is 12.6 Å². The number of carbonyl (C=O) groups is 1. The van der Waals surface area contributed by atoms with Crippen LogP contribution in [0.4, 0.5) is 19.0 Å². The summed E-state index contributed by atoms with van der Waals surface area (Å²) in [6.45, 7) is 0.555. The van der Waals surface area contributed by atoms with Gasteiger partial charge in [-0.3, -0.25) is 4.79 Å². The maximum Gasteiger partial charge on any atom is 0.410 e. The molecule has 0 saturated carbocycles. The van der Waals surface area contributed by atoms with E-state index < -0.39 is 24.2 Å². The molecule has 6 nitrogen and oxygen atoms in total. The maximum absolute atomic E-state index is 13.6. The number of hydrogen-bond donors (Lipinski definition) is 2. The number of ether oxygens (including phenoxy) is 1. The average molecular weight is 368 g/mol. The minimum atomic E-state index is -4.47. The summed E-state index contributed by atoms with van der Waals surface area (Å²) in [6, 6.07) is 7.93. The predicted octanol–water partition coefficient (Wildman–Crippen LogP) is 2.92. The molecule has 0 bridgehead atoms. The monoisotopic (exact) mass is 368 g/mol. The number of fused-ring (bicyclic) bond motifs is 1. The molecule has 9 heteroatoms. The van der Waals surface area contributed by atoms with Gasteiger partial charge in [0.2, 0.25) is 0 Å². The van der Waals surface area contributed by atoms with E-state index in [4.69, 9.17) is 4.74 Å². The van der Waals surface area contributed by atoms with Gasteiger partial charge in [0, 0.05) is 26.1 Å². The molecule has 2 heterocycles. The Balaban J connectivity index is 1.88. The second-order valence-electron chi connectivity index (χ2n) is 6.01. The number of alkyl halides is 3. The van der Waals surface area contributed by atoms with Crippen molar-refractivity contribution in [1.29, 1.82) is 0 Å². The van der Waals surface area contributed by atoms with Gasteiger partial charge in [-0.15, -0.1) is 0 Å². The van der Waals surface area contributed by atoms with E-state index in [1.807, 2.05) is 0 Å². The Morgan fingerprint density at radius 1 is 1.38 bits per heavy atom. The third-order valence-electron chi connectivity index (χ3n) is 4.22. The fourth-order valence-corrected chi connectivity index (χ4v) is 2.95. The van der Waals surface area contributed by atoms with Crippen molar-refractivity contribution in [2.45, 2.75) is 24.7 Å². The highest BCUT2D eigenvalue weighted by Gasteiger charge is 2.46. The molecule has 0 spiro atoms. The van der Waals surface area contributed by atoms with Crippen molar-refractivity contribution in [2.24, 2.45) is 0 Å². The van der Waals surface area contributed by atoms with Crippen LogP contribution in [-0.4, -0.2) is 42.1 Å². The van der Waals surface area contributed by atoms with Crippen LogP contribution >= 0.6 is 0 Å². The number of halogens is 3. The van der Waals surface area contributed by atoms with Crippen molar-refractivity contribution < 1.29 is 22.7 Å². The molecule has 2 N–H and O–H groups in total. The summed E-state index contributed by atoms with van der Waals surface area (Å²) in [4.78, 5) is 12.1. The van der Waals surface area contributed by atoms with E-state index >= 15 is 0 Å². The fourth-order valence-electron chi connectivity index (χ4n) is 2.95. The summed E-state index contributed by atoms with van der Waals surface area (Å²) in [7, 11) is 1.49. The number of benzene rings is 1. The zero-order chi connectivity index (χ0) is 18.7. The lowest BCUT2D eigenvalue weighted by molar-refractivity contribution is -0.173. The van der Waals surface area contributed by atoms with Crippen LogP contribution in [0.1, 0.15) is 34.6 Å². The van der Waals surface area contributed by atoms with Gasteiger partial charge in [-0.2, -0.15) is 18.3 Å². The second-order valence-corrected chi connectivity index (χ2v) is 6.01. The minimum Gasteiger partial charge on any atom is -0.383 e. The Kier molecular flexibility index (Phi) is 5.17. The molecule has 3 rings (SSSR count). The fraction of sp³-hybridized carbons (Fsp3) is 0.412. The number of rotatable bonds is 5. The average Bonchev–Trinajstić information content (AvgIpc) is 3.05. The topological polar surface area (TPSA) is 68.2 Å². The molecule has 0 aliphatic carbocycles. The van der Waals surface area contributed by atoms with Crippen LogP contribution in [0, 0.1) is 0 Å². The Morgan fingerprint density at radius 2 is 2.12 bits per heavy atom. The predicted molar refractivity (Wildman–Crippen MR) is 89.0 cm³/mol. The molecule has 1 aliphatic heterocycles. The zero-order valence-corrected chi connectivity index (χ0v) is 14.1. The molecule has 1 aromatic carbocycles. The lowest BCUT2D eigenvalue weighted by atomic mass is 9.97. The van der Waals surface area contributed by atoms with Crippen molar-refractivity contribution in [2.75, 3.05) is 25.6 Å². The summed E-state index contributed by atoms with van der Waals surface area (Å²) in [5.74, 6) is -0.368. The van der Waals surface area contributed by atoms with Crippen LogP contribution in [0.15, 0.2) is 36.4 Å². The van der Waals surface area contributed by atoms with Gasteiger partial charge in [-0.25, -0.2) is 4.68 Å². The van der Waals surface area contributed by atoms with Crippen LogP contribution in [0.25, 0.3) is 0 Å². The van der Waals surface area contributed by atoms with Crippen molar-refractivity contribution in [3.05, 3.63) is 47.7 Å². The second kappa shape index (κ2) is 7.36. The minimum absolute atomic E-state index is 0.0634. The van der Waals surface area contributed by atoms with Gasteiger partial charge in [0.25, 0.3) is 5.91 Å². The van der Waals surface area contributed by atoms with Crippen molar-refractivity contribution in [1.82, 2.24) is 15.1 Å². The van der Waals surface area contributed by atoms with Gasteiger partial charge < -0.3 is 15.4 Å². The lowest BCUT2D eigenvalue weighted by Gasteiger charge is -2.33. The van der Waals surface area contributed by atoms with Gasteiger partial charge in [-0.1, -0.05) is 30.3 Å². The van der Waals surface area contributed by atoms with E-state index in [1.165, 1.54) is 13.2 Å². The Labute approximate surface area is 148 Å². The number of anilines is 1. The first-order chi connectivity index (χ1) is 12.4. The summed E-state index contributed by atoms with van der Waals surface area (Å²) >= 11 is 0. The molecule has 1 aromatic heterocycles. The number of nitrogens with zero attached hydrogens (tertiary/aromatic N) is 2. The molecule has 0 fully saturated rings. The molecular formula is C17H19F3N4O2. The molecule has 0 saturated heterocycles. The summed E-state index contributed by atoms with van der Waals surface area (Å²) in [5, 5.41) is 9.50. The van der Waals surface area contributed by atoms with Crippen LogP contribution < -0.4 is 10.6 Å². The number of hydrogen-bond acceptors (Lipinski definition) is 4. The first-order valence-electron chi connectivity index (χ1n) is 8.15. The standard InChI is InChI=1S/C17H19F3N4O2/c1-26-8-7-21-16(25)13-10-15-22-12(11-5-3-2-4-6-11)9-14(17(18,19)20)24(15)23-13/h2-6,10,12,14,22H,7-9H2,1H3,(H,21,25)/t12-,14+/m0/s1. The van der Waals surface area contributed by atoms with Gasteiger partial charge in [0.15, 0.2) is 11.7 Å². The van der Waals surface area contributed by atoms with Gasteiger partial charge in [-0.05, 0) is 5.56 Å². The van der Waals surface area contributed by atoms with Crippen LogP contribution in [0.5, 0.6) is 0 Å². The first kappa shape index (κ1) is 18.2. The van der Waals surface area contributed by atoms with E-state index in [0.717, 1.165) is 10.2 Å². The third-order valence-corrected chi connectivity index (χ3v) is 4.22. The van der Waals surface area contributed by atoms with Gasteiger partial charge in [0.1, 0.15) is 5.82 Å². The van der Waals surface area contributed by atoms with Crippen molar-refractivity contribution >= 4 is 11.7 Å². The molecule has 140 valence electrons. The van der Waals surface area contributed by atoms with Crippen molar-refractivity contribution in [3.63, 3.8) is 0 Å². The number of amides is 1. The Hall–Kier alpha value is -2.55. The highest BCUT2D eigenvalue weighted by Crippen LogP contribution is 2.43. The number of nitrogens with one attached hydrogen (secondary N) is 2. The number of methoxy groups -OCH3 is 1. The van der Waals surface area contributed by atoms with E-state index in [1.54, 1.807) is 30.3 Å². The SMILES string of the molecule is COCCNC(=O)c1cc2n(n1)[C@@H](C(F)(F)F)C[C@@H](c1ccccc1)N2. The van der Waals surface area contributed by atoms with Crippen LogP contribution in [0.3, 0.4) is 0 Å².